The molecule has 12 heavy (non-hydrogen) atoms. The number of benzene rings is 1. The highest BCUT2D eigenvalue weighted by atomic mass is 16.6. The molecule has 0 radical (unpaired) electrons. The van der Waals surface area contributed by atoms with Gasteiger partial charge in [-0.15, -0.1) is 0 Å². The molecular formula is C11H14O. The topological polar surface area (TPSA) is 12.5 Å². The highest BCUT2D eigenvalue weighted by molar-refractivity contribution is 5.32. The molecule has 2 atom stereocenters. The van der Waals surface area contributed by atoms with Gasteiger partial charge in [-0.1, -0.05) is 18.2 Å². The summed E-state index contributed by atoms with van der Waals surface area (Å²) >= 11 is 0. The fraction of sp³-hybridized carbons (Fsp3) is 0.455. The number of hydrogen-bond acceptors (Lipinski definition) is 1. The van der Waals surface area contributed by atoms with Crippen molar-refractivity contribution in [3.63, 3.8) is 0 Å². The summed E-state index contributed by atoms with van der Waals surface area (Å²) in [5.41, 5.74) is 4.04. The van der Waals surface area contributed by atoms with Gasteiger partial charge in [0, 0.05) is 0 Å². The van der Waals surface area contributed by atoms with Crippen LogP contribution in [-0.4, -0.2) is 6.10 Å². The molecule has 0 aliphatic carbocycles. The summed E-state index contributed by atoms with van der Waals surface area (Å²) in [6.45, 7) is 6.39. The highest BCUT2D eigenvalue weighted by Crippen LogP contribution is 2.38. The van der Waals surface area contributed by atoms with Crippen LogP contribution >= 0.6 is 0 Å². The Labute approximate surface area is 73.4 Å². The molecule has 1 aliphatic rings. The zero-order chi connectivity index (χ0) is 8.72. The second kappa shape index (κ2) is 2.60. The Morgan fingerprint density at radius 1 is 1.17 bits per heavy atom. The van der Waals surface area contributed by atoms with Gasteiger partial charge >= 0.3 is 0 Å². The number of rotatable bonds is 1. The Kier molecular flexibility index (Phi) is 1.69. The summed E-state index contributed by atoms with van der Waals surface area (Å²) in [5.74, 6) is 0. The van der Waals surface area contributed by atoms with Crippen LogP contribution in [0.25, 0.3) is 0 Å². The van der Waals surface area contributed by atoms with E-state index in [2.05, 4.69) is 39.0 Å². The van der Waals surface area contributed by atoms with Gasteiger partial charge in [0.15, 0.2) is 0 Å². The van der Waals surface area contributed by atoms with Gasteiger partial charge in [0.1, 0.15) is 6.10 Å². The minimum Gasteiger partial charge on any atom is -0.365 e. The maximum atomic E-state index is 5.40. The number of ether oxygens (including phenoxy) is 1. The molecule has 0 spiro atoms. The molecule has 0 N–H and O–H groups in total. The van der Waals surface area contributed by atoms with E-state index in [4.69, 9.17) is 4.74 Å². The maximum absolute atomic E-state index is 5.40. The normalized spacial score (nSPS) is 27.2. The molecule has 1 saturated heterocycles. The molecule has 1 aliphatic heterocycles. The lowest BCUT2D eigenvalue weighted by molar-refractivity contribution is 0.383. The van der Waals surface area contributed by atoms with Crippen molar-refractivity contribution in [2.75, 3.05) is 0 Å². The molecule has 1 unspecified atom stereocenters. The number of hydrogen-bond donors (Lipinski definition) is 0. The van der Waals surface area contributed by atoms with Crippen LogP contribution in [0.1, 0.15) is 29.7 Å². The van der Waals surface area contributed by atoms with Gasteiger partial charge in [0.05, 0.1) is 6.10 Å². The van der Waals surface area contributed by atoms with Gasteiger partial charge in [0.2, 0.25) is 0 Å². The van der Waals surface area contributed by atoms with Gasteiger partial charge in [0.25, 0.3) is 0 Å². The molecule has 0 aromatic heterocycles. The molecule has 1 nitrogen and oxygen atoms in total. The van der Waals surface area contributed by atoms with Crippen molar-refractivity contribution in [2.45, 2.75) is 33.0 Å². The van der Waals surface area contributed by atoms with Crippen molar-refractivity contribution >= 4 is 0 Å². The standard InChI is InChI=1S/C11H14O/c1-7-4-5-10(6-8(7)2)11-9(3)12-11/h4-6,9,11H,1-3H3/t9-,11?/m1/s1. The maximum Gasteiger partial charge on any atom is 0.109 e. The molecule has 0 amide bonds. The first-order valence-corrected chi connectivity index (χ1v) is 4.41. The summed E-state index contributed by atoms with van der Waals surface area (Å²) in [6, 6.07) is 6.55. The quantitative estimate of drug-likeness (QED) is 0.578. The first-order chi connectivity index (χ1) is 5.68. The van der Waals surface area contributed by atoms with Crippen LogP contribution < -0.4 is 0 Å². The SMILES string of the molecule is Cc1ccc(C2O[C@@H]2C)cc1C. The van der Waals surface area contributed by atoms with E-state index in [1.807, 2.05) is 0 Å². The minimum atomic E-state index is 0.365. The van der Waals surface area contributed by atoms with E-state index in [0.29, 0.717) is 12.2 Å². The van der Waals surface area contributed by atoms with E-state index >= 15 is 0 Å². The molecule has 1 fully saturated rings. The van der Waals surface area contributed by atoms with Crippen LogP contribution in [0.4, 0.5) is 0 Å². The molecule has 2 rings (SSSR count). The molecule has 1 heterocycles. The third-order valence-electron chi connectivity index (χ3n) is 2.57. The summed E-state index contributed by atoms with van der Waals surface area (Å²) in [6.07, 6.45) is 0.788. The lowest BCUT2D eigenvalue weighted by Crippen LogP contribution is -1.87. The first kappa shape index (κ1) is 7.81. The average Bonchev–Trinajstić information content (AvgIpc) is 2.73. The molecule has 64 valence electrons. The summed E-state index contributed by atoms with van der Waals surface area (Å²) in [5, 5.41) is 0. The Morgan fingerprint density at radius 2 is 1.83 bits per heavy atom. The monoisotopic (exact) mass is 162 g/mol. The molecular weight excluding hydrogens is 148 g/mol. The van der Waals surface area contributed by atoms with Crippen LogP contribution in [-0.2, 0) is 4.74 Å². The second-order valence-electron chi connectivity index (χ2n) is 3.61. The molecule has 0 saturated carbocycles. The third-order valence-corrected chi connectivity index (χ3v) is 2.57. The van der Waals surface area contributed by atoms with Gasteiger partial charge in [-0.2, -0.15) is 0 Å². The smallest absolute Gasteiger partial charge is 0.109 e. The summed E-state index contributed by atoms with van der Waals surface area (Å²) in [7, 11) is 0. The van der Waals surface area contributed by atoms with E-state index in [-0.39, 0.29) is 0 Å². The first-order valence-electron chi connectivity index (χ1n) is 4.41. The lowest BCUT2D eigenvalue weighted by Gasteiger charge is -2.01. The predicted molar refractivity (Wildman–Crippen MR) is 49.2 cm³/mol. The second-order valence-corrected chi connectivity index (χ2v) is 3.61. The molecule has 0 bridgehead atoms. The molecule has 1 aromatic carbocycles. The zero-order valence-electron chi connectivity index (χ0n) is 7.79. The van der Waals surface area contributed by atoms with Crippen molar-refractivity contribution in [1.82, 2.24) is 0 Å². The zero-order valence-corrected chi connectivity index (χ0v) is 7.79. The molecule has 1 aromatic rings. The van der Waals surface area contributed by atoms with E-state index in [1.165, 1.54) is 16.7 Å². The van der Waals surface area contributed by atoms with Gasteiger partial charge < -0.3 is 4.74 Å². The third kappa shape index (κ3) is 1.25. The van der Waals surface area contributed by atoms with E-state index in [1.54, 1.807) is 0 Å². The van der Waals surface area contributed by atoms with Crippen molar-refractivity contribution in [3.8, 4) is 0 Å². The van der Waals surface area contributed by atoms with Gasteiger partial charge in [-0.25, -0.2) is 0 Å². The van der Waals surface area contributed by atoms with Crippen LogP contribution in [0.15, 0.2) is 18.2 Å². The van der Waals surface area contributed by atoms with Gasteiger partial charge in [-0.3, -0.25) is 0 Å². The fourth-order valence-corrected chi connectivity index (χ4v) is 1.48. The number of epoxide rings is 1. The van der Waals surface area contributed by atoms with Crippen LogP contribution in [0, 0.1) is 13.8 Å². The Balaban J connectivity index is 2.29. The Bertz CT molecular complexity index is 304. The fourth-order valence-electron chi connectivity index (χ4n) is 1.48. The number of aryl methyl sites for hydroxylation is 2. The minimum absolute atomic E-state index is 0.365. The lowest BCUT2D eigenvalue weighted by atomic mass is 10.0. The van der Waals surface area contributed by atoms with E-state index in [0.717, 1.165) is 0 Å². The summed E-state index contributed by atoms with van der Waals surface area (Å²) in [4.78, 5) is 0. The van der Waals surface area contributed by atoms with E-state index < -0.39 is 0 Å². The summed E-state index contributed by atoms with van der Waals surface area (Å²) < 4.78 is 5.40. The highest BCUT2D eigenvalue weighted by Gasteiger charge is 2.35. The van der Waals surface area contributed by atoms with Crippen LogP contribution in [0.3, 0.4) is 0 Å². The van der Waals surface area contributed by atoms with Crippen LogP contribution in [0.2, 0.25) is 0 Å². The Hall–Kier alpha value is -0.820. The average molecular weight is 162 g/mol. The van der Waals surface area contributed by atoms with Crippen molar-refractivity contribution < 1.29 is 4.74 Å². The van der Waals surface area contributed by atoms with Crippen molar-refractivity contribution in [3.05, 3.63) is 34.9 Å². The Morgan fingerprint density at radius 3 is 2.33 bits per heavy atom. The van der Waals surface area contributed by atoms with Gasteiger partial charge in [-0.05, 0) is 37.5 Å². The van der Waals surface area contributed by atoms with Crippen molar-refractivity contribution in [2.24, 2.45) is 0 Å². The van der Waals surface area contributed by atoms with E-state index in [9.17, 15) is 0 Å². The largest absolute Gasteiger partial charge is 0.365 e. The predicted octanol–water partition coefficient (Wildman–Crippen LogP) is 2.76. The molecule has 1 heteroatoms. The van der Waals surface area contributed by atoms with Crippen molar-refractivity contribution in [1.29, 1.82) is 0 Å². The van der Waals surface area contributed by atoms with Crippen LogP contribution in [0.5, 0.6) is 0 Å².